The average Bonchev–Trinajstić information content (AvgIpc) is 2.21. The van der Waals surface area contributed by atoms with Crippen LogP contribution in [-0.2, 0) is 0 Å². The fourth-order valence-corrected chi connectivity index (χ4v) is 1.42. The Bertz CT molecular complexity index is 183. The highest BCUT2D eigenvalue weighted by molar-refractivity contribution is 4.93. The van der Waals surface area contributed by atoms with Crippen LogP contribution < -0.4 is 0 Å². The Morgan fingerprint density at radius 3 is 1.80 bits per heavy atom. The van der Waals surface area contributed by atoms with E-state index in [-0.39, 0.29) is 0 Å². The second-order valence-corrected chi connectivity index (χ2v) is 4.01. The first-order valence-electron chi connectivity index (χ1n) is 5.57. The van der Waals surface area contributed by atoms with Crippen LogP contribution in [-0.4, -0.2) is 0 Å². The maximum atomic E-state index is 5.27. The lowest BCUT2D eigenvalue weighted by molar-refractivity contribution is 0.445. The summed E-state index contributed by atoms with van der Waals surface area (Å²) in [5.74, 6) is 6.73. The summed E-state index contributed by atoms with van der Waals surface area (Å²) in [5, 5.41) is 0. The van der Waals surface area contributed by atoms with Crippen molar-refractivity contribution >= 4 is 0 Å². The molecular weight excluding hydrogens is 180 g/mol. The molecule has 0 heterocycles. The van der Waals surface area contributed by atoms with E-state index in [0.717, 1.165) is 18.8 Å². The van der Waals surface area contributed by atoms with Crippen molar-refractivity contribution in [3.63, 3.8) is 0 Å². The molecule has 0 saturated carbocycles. The maximum Gasteiger partial charge on any atom is 0.0123 e. The molecule has 0 amide bonds. The summed E-state index contributed by atoms with van der Waals surface area (Å²) in [6, 6.07) is 0. The van der Waals surface area contributed by atoms with Crippen LogP contribution in [0.15, 0.2) is 13.2 Å². The average molecular weight is 204 g/mol. The van der Waals surface area contributed by atoms with Gasteiger partial charge in [0.05, 0.1) is 0 Å². The minimum atomic E-state index is 0.550. The summed E-state index contributed by atoms with van der Waals surface area (Å²) >= 11 is 0. The van der Waals surface area contributed by atoms with Crippen LogP contribution in [0.25, 0.3) is 0 Å². The Kier molecular flexibility index (Phi) is 14.0. The molecule has 0 rings (SSSR count). The summed E-state index contributed by atoms with van der Waals surface area (Å²) < 4.78 is 0. The molecule has 0 heteroatoms. The second kappa shape index (κ2) is 12.9. The van der Waals surface area contributed by atoms with E-state index in [2.05, 4.69) is 38.8 Å². The van der Waals surface area contributed by atoms with Crippen LogP contribution in [0, 0.1) is 36.5 Å². The number of terminal acetylenes is 2. The van der Waals surface area contributed by atoms with Gasteiger partial charge in [0, 0.05) is 12.8 Å². The zero-order valence-corrected chi connectivity index (χ0v) is 10.3. The maximum absolute atomic E-state index is 5.27. The molecule has 84 valence electrons. The molecule has 0 aliphatic rings. The van der Waals surface area contributed by atoms with Gasteiger partial charge >= 0.3 is 0 Å². The van der Waals surface area contributed by atoms with Gasteiger partial charge in [0.2, 0.25) is 0 Å². The number of hydrogen-bond donors (Lipinski definition) is 0. The minimum absolute atomic E-state index is 0.550. The SMILES string of the molecule is C#CCC(CC#C)CCCC(C)C.C=C. The van der Waals surface area contributed by atoms with Gasteiger partial charge in [-0.05, 0) is 18.3 Å². The highest BCUT2D eigenvalue weighted by Crippen LogP contribution is 2.17. The van der Waals surface area contributed by atoms with Gasteiger partial charge in [0.1, 0.15) is 0 Å². The summed E-state index contributed by atoms with van der Waals surface area (Å²) in [7, 11) is 0. The second-order valence-electron chi connectivity index (χ2n) is 4.01. The molecule has 0 fully saturated rings. The van der Waals surface area contributed by atoms with Gasteiger partial charge in [-0.3, -0.25) is 0 Å². The molecule has 0 radical (unpaired) electrons. The van der Waals surface area contributed by atoms with Crippen molar-refractivity contribution in [2.75, 3.05) is 0 Å². The topological polar surface area (TPSA) is 0 Å². The quantitative estimate of drug-likeness (QED) is 0.447. The molecule has 0 aromatic heterocycles. The fourth-order valence-electron chi connectivity index (χ4n) is 1.42. The molecule has 0 atom stereocenters. The third-order valence-corrected chi connectivity index (χ3v) is 2.21. The van der Waals surface area contributed by atoms with Crippen molar-refractivity contribution in [1.29, 1.82) is 0 Å². The largest absolute Gasteiger partial charge is 0.120 e. The molecule has 0 aromatic rings. The highest BCUT2D eigenvalue weighted by atomic mass is 14.1. The van der Waals surface area contributed by atoms with Gasteiger partial charge in [-0.25, -0.2) is 0 Å². The van der Waals surface area contributed by atoms with Crippen LogP contribution in [0.2, 0.25) is 0 Å². The first kappa shape index (κ1) is 16.3. The van der Waals surface area contributed by atoms with Gasteiger partial charge in [-0.15, -0.1) is 37.8 Å². The molecule has 0 aromatic carbocycles. The Morgan fingerprint density at radius 1 is 1.00 bits per heavy atom. The van der Waals surface area contributed by atoms with Crippen LogP contribution in [0.1, 0.15) is 46.0 Å². The van der Waals surface area contributed by atoms with Crippen molar-refractivity contribution in [1.82, 2.24) is 0 Å². The van der Waals surface area contributed by atoms with Crippen LogP contribution in [0.3, 0.4) is 0 Å². The van der Waals surface area contributed by atoms with Crippen LogP contribution in [0.4, 0.5) is 0 Å². The molecule has 0 bridgehead atoms. The molecular formula is C15H24. The standard InChI is InChI=1S/C13H20.C2H4/c1-5-8-13(9-6-2)11-7-10-12(3)4;1-2/h1-2,12-13H,7-11H2,3-4H3;1-2H2. The zero-order chi connectivity index (χ0) is 12.1. The minimum Gasteiger partial charge on any atom is -0.120 e. The third kappa shape index (κ3) is 12.9. The van der Waals surface area contributed by atoms with E-state index in [1.807, 2.05) is 0 Å². The van der Waals surface area contributed by atoms with Crippen molar-refractivity contribution < 1.29 is 0 Å². The van der Waals surface area contributed by atoms with Crippen LogP contribution >= 0.6 is 0 Å². The lowest BCUT2D eigenvalue weighted by Gasteiger charge is -2.11. The smallest absolute Gasteiger partial charge is 0.0123 e. The number of hydrogen-bond acceptors (Lipinski definition) is 0. The van der Waals surface area contributed by atoms with E-state index < -0.39 is 0 Å². The van der Waals surface area contributed by atoms with E-state index in [1.165, 1.54) is 19.3 Å². The van der Waals surface area contributed by atoms with Crippen molar-refractivity contribution in [2.24, 2.45) is 11.8 Å². The van der Waals surface area contributed by atoms with Gasteiger partial charge < -0.3 is 0 Å². The predicted octanol–water partition coefficient (Wildman–Crippen LogP) is 4.28. The molecule has 0 spiro atoms. The van der Waals surface area contributed by atoms with Crippen molar-refractivity contribution in [3.8, 4) is 24.7 Å². The lowest BCUT2D eigenvalue weighted by Crippen LogP contribution is -1.99. The summed E-state index contributed by atoms with van der Waals surface area (Å²) in [6.45, 7) is 10.5. The van der Waals surface area contributed by atoms with Gasteiger partial charge in [-0.2, -0.15) is 0 Å². The molecule has 0 N–H and O–H groups in total. The van der Waals surface area contributed by atoms with E-state index in [9.17, 15) is 0 Å². The summed E-state index contributed by atoms with van der Waals surface area (Å²) in [6.07, 6.45) is 15.9. The van der Waals surface area contributed by atoms with Gasteiger partial charge in [-0.1, -0.05) is 26.7 Å². The Hall–Kier alpha value is -1.14. The van der Waals surface area contributed by atoms with Crippen molar-refractivity contribution in [2.45, 2.75) is 46.0 Å². The summed E-state index contributed by atoms with van der Waals surface area (Å²) in [4.78, 5) is 0. The third-order valence-electron chi connectivity index (χ3n) is 2.21. The van der Waals surface area contributed by atoms with Crippen LogP contribution in [0.5, 0.6) is 0 Å². The van der Waals surface area contributed by atoms with Gasteiger partial charge in [0.25, 0.3) is 0 Å². The Balaban J connectivity index is 0. The Morgan fingerprint density at radius 2 is 1.47 bits per heavy atom. The Labute approximate surface area is 96.2 Å². The van der Waals surface area contributed by atoms with E-state index >= 15 is 0 Å². The summed E-state index contributed by atoms with van der Waals surface area (Å²) in [5.41, 5.74) is 0. The van der Waals surface area contributed by atoms with E-state index in [4.69, 9.17) is 12.8 Å². The molecule has 0 aliphatic heterocycles. The highest BCUT2D eigenvalue weighted by Gasteiger charge is 2.05. The normalized spacial score (nSPS) is 8.93. The first-order valence-corrected chi connectivity index (χ1v) is 5.57. The van der Waals surface area contributed by atoms with Gasteiger partial charge in [0.15, 0.2) is 0 Å². The monoisotopic (exact) mass is 204 g/mol. The lowest BCUT2D eigenvalue weighted by atomic mass is 9.94. The molecule has 0 unspecified atom stereocenters. The van der Waals surface area contributed by atoms with Crippen molar-refractivity contribution in [3.05, 3.63) is 13.2 Å². The van der Waals surface area contributed by atoms with E-state index in [0.29, 0.717) is 5.92 Å². The molecule has 0 aliphatic carbocycles. The zero-order valence-electron chi connectivity index (χ0n) is 10.3. The predicted molar refractivity (Wildman–Crippen MR) is 70.3 cm³/mol. The molecule has 0 saturated heterocycles. The first-order chi connectivity index (χ1) is 7.20. The number of rotatable bonds is 6. The fraction of sp³-hybridized carbons (Fsp3) is 0.600. The van der Waals surface area contributed by atoms with E-state index in [1.54, 1.807) is 0 Å². The molecule has 0 nitrogen and oxygen atoms in total. The molecule has 15 heavy (non-hydrogen) atoms.